The van der Waals surface area contributed by atoms with Crippen LogP contribution in [0.2, 0.25) is 0 Å². The van der Waals surface area contributed by atoms with Crippen molar-refractivity contribution in [2.75, 3.05) is 6.61 Å². The van der Waals surface area contributed by atoms with Crippen LogP contribution < -0.4 is 5.32 Å². The van der Waals surface area contributed by atoms with Gasteiger partial charge in [-0.05, 0) is 32.1 Å². The third-order valence-corrected chi connectivity index (χ3v) is 3.08. The van der Waals surface area contributed by atoms with Gasteiger partial charge >= 0.3 is 0 Å². The molecule has 2 heteroatoms. The number of hydrogen-bond donors (Lipinski definition) is 1. The fourth-order valence-corrected chi connectivity index (χ4v) is 2.45. The Hall–Kier alpha value is -0.0800. The summed E-state index contributed by atoms with van der Waals surface area (Å²) in [6.45, 7) is 7.18. The van der Waals surface area contributed by atoms with Crippen molar-refractivity contribution in [2.24, 2.45) is 0 Å². The van der Waals surface area contributed by atoms with E-state index in [-0.39, 0.29) is 5.72 Å². The van der Waals surface area contributed by atoms with E-state index in [1.54, 1.807) is 0 Å². The number of hydrogen-bond acceptors (Lipinski definition) is 2. The third kappa shape index (κ3) is 2.71. The van der Waals surface area contributed by atoms with Crippen molar-refractivity contribution in [3.8, 4) is 0 Å². The van der Waals surface area contributed by atoms with Gasteiger partial charge in [0.2, 0.25) is 0 Å². The van der Waals surface area contributed by atoms with E-state index in [2.05, 4.69) is 12.2 Å². The molecule has 1 unspecified atom stereocenters. The highest BCUT2D eigenvalue weighted by Gasteiger charge is 2.41. The van der Waals surface area contributed by atoms with Crippen LogP contribution in [-0.4, -0.2) is 18.4 Å². The van der Waals surface area contributed by atoms with E-state index >= 15 is 0 Å². The van der Waals surface area contributed by atoms with E-state index in [9.17, 15) is 0 Å². The molecule has 1 saturated heterocycles. The highest BCUT2D eigenvalue weighted by Crippen LogP contribution is 2.34. The van der Waals surface area contributed by atoms with Gasteiger partial charge in [-0.15, -0.1) is 0 Å². The van der Waals surface area contributed by atoms with Crippen LogP contribution in [0.1, 0.15) is 59.3 Å². The van der Waals surface area contributed by atoms with Crippen molar-refractivity contribution >= 4 is 0 Å². The van der Waals surface area contributed by atoms with Gasteiger partial charge in [0, 0.05) is 6.04 Å². The summed E-state index contributed by atoms with van der Waals surface area (Å²) in [7, 11) is 0. The fourth-order valence-electron chi connectivity index (χ4n) is 2.45. The summed E-state index contributed by atoms with van der Waals surface area (Å²) < 4.78 is 5.86. The topological polar surface area (TPSA) is 21.3 Å². The van der Waals surface area contributed by atoms with Crippen molar-refractivity contribution in [1.29, 1.82) is 0 Å². The summed E-state index contributed by atoms with van der Waals surface area (Å²) in [6, 6.07) is 0.632. The SMILES string of the molecule is CC.CCCC1COC2(CCCC2)N1. The third-order valence-electron chi connectivity index (χ3n) is 3.08. The lowest BCUT2D eigenvalue weighted by atomic mass is 10.1. The first-order valence-electron chi connectivity index (χ1n) is 6.26. The largest absolute Gasteiger partial charge is 0.359 e. The maximum absolute atomic E-state index is 5.86. The van der Waals surface area contributed by atoms with Crippen LogP contribution in [-0.2, 0) is 4.74 Å². The van der Waals surface area contributed by atoms with E-state index in [1.165, 1.54) is 38.5 Å². The summed E-state index contributed by atoms with van der Waals surface area (Å²) in [5.41, 5.74) is 0.111. The van der Waals surface area contributed by atoms with Gasteiger partial charge in [0.25, 0.3) is 0 Å². The van der Waals surface area contributed by atoms with E-state index in [0.717, 1.165) is 6.61 Å². The predicted molar refractivity (Wildman–Crippen MR) is 60.3 cm³/mol. The molecule has 0 aromatic heterocycles. The molecule has 2 fully saturated rings. The summed E-state index contributed by atoms with van der Waals surface area (Å²) in [5.74, 6) is 0. The van der Waals surface area contributed by atoms with Gasteiger partial charge in [-0.3, -0.25) is 5.32 Å². The summed E-state index contributed by atoms with van der Waals surface area (Å²) in [6.07, 6.45) is 7.66. The van der Waals surface area contributed by atoms with Crippen LogP contribution in [0, 0.1) is 0 Å². The zero-order valence-electron chi connectivity index (χ0n) is 9.94. The molecular weight excluding hydrogens is 174 g/mol. The summed E-state index contributed by atoms with van der Waals surface area (Å²) in [4.78, 5) is 0. The van der Waals surface area contributed by atoms with E-state index in [4.69, 9.17) is 4.74 Å². The zero-order valence-corrected chi connectivity index (χ0v) is 9.94. The minimum absolute atomic E-state index is 0.111. The molecule has 1 aliphatic carbocycles. The lowest BCUT2D eigenvalue weighted by molar-refractivity contribution is -0.00359. The average Bonchev–Trinajstić information content (AvgIpc) is 2.82. The van der Waals surface area contributed by atoms with Gasteiger partial charge < -0.3 is 4.74 Å². The maximum atomic E-state index is 5.86. The number of rotatable bonds is 2. The molecule has 0 radical (unpaired) electrons. The van der Waals surface area contributed by atoms with Gasteiger partial charge in [0.15, 0.2) is 0 Å². The first-order valence-corrected chi connectivity index (χ1v) is 6.26. The first kappa shape index (κ1) is 12.0. The van der Waals surface area contributed by atoms with Gasteiger partial charge in [-0.1, -0.05) is 27.2 Å². The molecule has 0 aromatic carbocycles. The van der Waals surface area contributed by atoms with Crippen LogP contribution in [0.25, 0.3) is 0 Å². The molecule has 0 bridgehead atoms. The molecular formula is C12H25NO. The molecule has 1 N–H and O–H groups in total. The van der Waals surface area contributed by atoms with Crippen molar-refractivity contribution in [1.82, 2.24) is 5.32 Å². The normalized spacial score (nSPS) is 28.9. The van der Waals surface area contributed by atoms with Crippen LogP contribution in [0.5, 0.6) is 0 Å². The van der Waals surface area contributed by atoms with E-state index < -0.39 is 0 Å². The Kier molecular flexibility index (Phi) is 4.90. The minimum Gasteiger partial charge on any atom is -0.359 e. The van der Waals surface area contributed by atoms with E-state index in [1.807, 2.05) is 13.8 Å². The second-order valence-electron chi connectivity index (χ2n) is 4.14. The Bertz CT molecular complexity index is 152. The second-order valence-corrected chi connectivity index (χ2v) is 4.14. The van der Waals surface area contributed by atoms with Gasteiger partial charge in [-0.25, -0.2) is 0 Å². The summed E-state index contributed by atoms with van der Waals surface area (Å²) in [5, 5.41) is 3.64. The molecule has 1 spiro atoms. The molecule has 84 valence electrons. The molecule has 1 aliphatic heterocycles. The lowest BCUT2D eigenvalue weighted by Crippen LogP contribution is -2.41. The number of ether oxygens (including phenoxy) is 1. The molecule has 0 amide bonds. The molecule has 14 heavy (non-hydrogen) atoms. The lowest BCUT2D eigenvalue weighted by Gasteiger charge is -2.23. The molecule has 1 heterocycles. The van der Waals surface area contributed by atoms with Gasteiger partial charge in [0.05, 0.1) is 6.61 Å². The highest BCUT2D eigenvalue weighted by molar-refractivity contribution is 4.92. The molecule has 1 saturated carbocycles. The van der Waals surface area contributed by atoms with Crippen LogP contribution >= 0.6 is 0 Å². The Morgan fingerprint density at radius 3 is 2.50 bits per heavy atom. The Morgan fingerprint density at radius 2 is 1.93 bits per heavy atom. The fraction of sp³-hybridized carbons (Fsp3) is 1.00. The molecule has 2 aliphatic rings. The monoisotopic (exact) mass is 199 g/mol. The summed E-state index contributed by atoms with van der Waals surface area (Å²) >= 11 is 0. The molecule has 0 aromatic rings. The standard InChI is InChI=1S/C10H19NO.C2H6/c1-2-5-9-8-12-10(11-9)6-3-4-7-10;1-2/h9,11H,2-8H2,1H3;1-2H3. The van der Waals surface area contributed by atoms with Crippen LogP contribution in [0.4, 0.5) is 0 Å². The Labute approximate surface area is 88.4 Å². The zero-order chi connectivity index (χ0) is 10.4. The highest BCUT2D eigenvalue weighted by atomic mass is 16.5. The Balaban J connectivity index is 0.000000461. The Morgan fingerprint density at radius 1 is 1.29 bits per heavy atom. The molecule has 2 rings (SSSR count). The van der Waals surface area contributed by atoms with Crippen molar-refractivity contribution in [2.45, 2.75) is 71.1 Å². The second kappa shape index (κ2) is 5.72. The first-order chi connectivity index (χ1) is 6.85. The van der Waals surface area contributed by atoms with E-state index in [0.29, 0.717) is 6.04 Å². The number of nitrogens with one attached hydrogen (secondary N) is 1. The van der Waals surface area contributed by atoms with Gasteiger partial charge in [0.1, 0.15) is 5.72 Å². The van der Waals surface area contributed by atoms with Crippen molar-refractivity contribution in [3.05, 3.63) is 0 Å². The van der Waals surface area contributed by atoms with Gasteiger partial charge in [-0.2, -0.15) is 0 Å². The van der Waals surface area contributed by atoms with Crippen LogP contribution in [0.15, 0.2) is 0 Å². The molecule has 2 nitrogen and oxygen atoms in total. The average molecular weight is 199 g/mol. The van der Waals surface area contributed by atoms with Crippen LogP contribution in [0.3, 0.4) is 0 Å². The predicted octanol–water partition coefficient (Wildman–Crippen LogP) is 3.07. The van der Waals surface area contributed by atoms with Crippen molar-refractivity contribution < 1.29 is 4.74 Å². The smallest absolute Gasteiger partial charge is 0.119 e. The molecule has 1 atom stereocenters. The maximum Gasteiger partial charge on any atom is 0.119 e. The van der Waals surface area contributed by atoms with Crippen molar-refractivity contribution in [3.63, 3.8) is 0 Å². The quantitative estimate of drug-likeness (QED) is 0.738. The minimum atomic E-state index is 0.111.